The molecule has 0 aromatic carbocycles. The number of ether oxygens (including phenoxy) is 2. The Morgan fingerprint density at radius 1 is 1.73 bits per heavy atom. The summed E-state index contributed by atoms with van der Waals surface area (Å²) in [5.41, 5.74) is 5.39. The van der Waals surface area contributed by atoms with Crippen molar-refractivity contribution in [2.45, 2.75) is 19.6 Å². The maximum Gasteiger partial charge on any atom is 0.327 e. The highest BCUT2D eigenvalue weighted by molar-refractivity contribution is 5.69. The molecule has 0 aliphatic rings. The van der Waals surface area contributed by atoms with Gasteiger partial charge < -0.3 is 15.2 Å². The molecule has 0 saturated heterocycles. The second-order valence-corrected chi connectivity index (χ2v) is 3.17. The molecule has 0 spiro atoms. The Hall–Kier alpha value is -1.56. The second-order valence-electron chi connectivity index (χ2n) is 3.17. The molecule has 0 amide bonds. The fourth-order valence-corrected chi connectivity index (χ4v) is 0.922. The molecule has 1 atom stereocenters. The van der Waals surface area contributed by atoms with Crippen molar-refractivity contribution >= 4 is 11.8 Å². The van der Waals surface area contributed by atoms with Gasteiger partial charge in [0, 0.05) is 13.3 Å². The molecule has 6 heteroatoms. The standard InChI is InChI=1S/C9H15N3O3/c1-7(14-2)6-15-9(13)5-12-4-3-8(10)11-12/h3-4,7H,5-6H2,1-2H3,(H2,10,11). The average Bonchev–Trinajstić information content (AvgIpc) is 2.60. The van der Waals surface area contributed by atoms with Crippen LogP contribution in [0.3, 0.4) is 0 Å². The first-order valence-corrected chi connectivity index (χ1v) is 4.59. The molecule has 0 saturated carbocycles. The van der Waals surface area contributed by atoms with Gasteiger partial charge in [0.2, 0.25) is 0 Å². The zero-order chi connectivity index (χ0) is 11.3. The largest absolute Gasteiger partial charge is 0.462 e. The van der Waals surface area contributed by atoms with Crippen LogP contribution >= 0.6 is 0 Å². The van der Waals surface area contributed by atoms with Gasteiger partial charge in [0.15, 0.2) is 0 Å². The number of nitrogens with two attached hydrogens (primary N) is 1. The molecule has 0 fully saturated rings. The van der Waals surface area contributed by atoms with E-state index in [9.17, 15) is 4.79 Å². The lowest BCUT2D eigenvalue weighted by molar-refractivity contribution is -0.147. The summed E-state index contributed by atoms with van der Waals surface area (Å²) < 4.78 is 11.3. The number of carbonyl (C=O) groups is 1. The zero-order valence-electron chi connectivity index (χ0n) is 8.84. The molecule has 0 radical (unpaired) electrons. The number of nitrogen functional groups attached to an aromatic ring is 1. The first-order valence-electron chi connectivity index (χ1n) is 4.59. The summed E-state index contributed by atoms with van der Waals surface area (Å²) in [4.78, 5) is 11.3. The Morgan fingerprint density at radius 2 is 2.47 bits per heavy atom. The minimum Gasteiger partial charge on any atom is -0.462 e. The summed E-state index contributed by atoms with van der Waals surface area (Å²) in [6.07, 6.45) is 1.52. The number of rotatable bonds is 5. The van der Waals surface area contributed by atoms with Crippen molar-refractivity contribution in [3.8, 4) is 0 Å². The number of nitrogens with zero attached hydrogens (tertiary/aromatic N) is 2. The van der Waals surface area contributed by atoms with Crippen LogP contribution in [0.25, 0.3) is 0 Å². The van der Waals surface area contributed by atoms with E-state index in [0.29, 0.717) is 5.82 Å². The van der Waals surface area contributed by atoms with E-state index in [0.717, 1.165) is 0 Å². The SMILES string of the molecule is COC(C)COC(=O)Cn1ccc(N)n1. The highest BCUT2D eigenvalue weighted by Crippen LogP contribution is 1.97. The van der Waals surface area contributed by atoms with Crippen LogP contribution in [0, 0.1) is 0 Å². The quantitative estimate of drug-likeness (QED) is 0.699. The van der Waals surface area contributed by atoms with Crippen molar-refractivity contribution in [1.29, 1.82) is 0 Å². The van der Waals surface area contributed by atoms with Crippen LogP contribution < -0.4 is 5.73 Å². The molecule has 1 heterocycles. The number of carbonyl (C=O) groups excluding carboxylic acids is 1. The summed E-state index contributed by atoms with van der Waals surface area (Å²) in [5, 5.41) is 3.86. The molecule has 84 valence electrons. The third-order valence-electron chi connectivity index (χ3n) is 1.83. The van der Waals surface area contributed by atoms with Gasteiger partial charge in [-0.15, -0.1) is 0 Å². The highest BCUT2D eigenvalue weighted by Gasteiger charge is 2.07. The minimum absolute atomic E-state index is 0.0631. The van der Waals surface area contributed by atoms with Crippen LogP contribution in [0.5, 0.6) is 0 Å². The third-order valence-corrected chi connectivity index (χ3v) is 1.83. The van der Waals surface area contributed by atoms with Crippen LogP contribution in [-0.4, -0.2) is 35.6 Å². The number of esters is 1. The van der Waals surface area contributed by atoms with Crippen molar-refractivity contribution < 1.29 is 14.3 Å². The molecule has 0 bridgehead atoms. The van der Waals surface area contributed by atoms with E-state index in [1.807, 2.05) is 6.92 Å². The van der Waals surface area contributed by atoms with Crippen molar-refractivity contribution in [2.24, 2.45) is 0 Å². The van der Waals surface area contributed by atoms with Gasteiger partial charge in [0.1, 0.15) is 19.0 Å². The second kappa shape index (κ2) is 5.35. The summed E-state index contributed by atoms with van der Waals surface area (Å²) in [6, 6.07) is 1.62. The Labute approximate surface area is 88.0 Å². The number of hydrogen-bond acceptors (Lipinski definition) is 5. The lowest BCUT2D eigenvalue weighted by atomic mass is 10.4. The molecule has 1 aromatic heterocycles. The van der Waals surface area contributed by atoms with Crippen LogP contribution in [0.2, 0.25) is 0 Å². The van der Waals surface area contributed by atoms with E-state index in [4.69, 9.17) is 15.2 Å². The Morgan fingerprint density at radius 3 is 3.00 bits per heavy atom. The predicted octanol–water partition coefficient (Wildman–Crippen LogP) is 0.0434. The molecule has 1 rings (SSSR count). The molecular formula is C9H15N3O3. The van der Waals surface area contributed by atoms with E-state index >= 15 is 0 Å². The van der Waals surface area contributed by atoms with E-state index < -0.39 is 0 Å². The predicted molar refractivity (Wildman–Crippen MR) is 54.1 cm³/mol. The summed E-state index contributed by atoms with van der Waals surface area (Å²) in [7, 11) is 1.56. The average molecular weight is 213 g/mol. The highest BCUT2D eigenvalue weighted by atomic mass is 16.6. The van der Waals surface area contributed by atoms with Gasteiger partial charge in [-0.2, -0.15) is 5.10 Å². The number of aromatic nitrogens is 2. The molecule has 2 N–H and O–H groups in total. The van der Waals surface area contributed by atoms with E-state index in [1.54, 1.807) is 19.4 Å². The normalized spacial score (nSPS) is 12.4. The maximum absolute atomic E-state index is 11.3. The molecular weight excluding hydrogens is 198 g/mol. The first-order chi connectivity index (χ1) is 7.11. The number of hydrogen-bond donors (Lipinski definition) is 1. The summed E-state index contributed by atoms with van der Waals surface area (Å²) >= 11 is 0. The van der Waals surface area contributed by atoms with Gasteiger partial charge in [0.25, 0.3) is 0 Å². The lowest BCUT2D eigenvalue weighted by Gasteiger charge is -2.09. The molecule has 0 aliphatic heterocycles. The molecule has 6 nitrogen and oxygen atoms in total. The molecule has 1 unspecified atom stereocenters. The van der Waals surface area contributed by atoms with Gasteiger partial charge in [-0.05, 0) is 13.0 Å². The number of anilines is 1. The zero-order valence-corrected chi connectivity index (χ0v) is 8.84. The van der Waals surface area contributed by atoms with E-state index in [-0.39, 0.29) is 25.2 Å². The van der Waals surface area contributed by atoms with Gasteiger partial charge in [-0.3, -0.25) is 9.48 Å². The smallest absolute Gasteiger partial charge is 0.327 e. The molecule has 0 aliphatic carbocycles. The fraction of sp³-hybridized carbons (Fsp3) is 0.556. The lowest BCUT2D eigenvalue weighted by Crippen LogP contribution is -2.20. The molecule has 1 aromatic rings. The van der Waals surface area contributed by atoms with Gasteiger partial charge in [-0.25, -0.2) is 0 Å². The van der Waals surface area contributed by atoms with Crippen LogP contribution in [0.15, 0.2) is 12.3 Å². The van der Waals surface area contributed by atoms with Gasteiger partial charge in [0.05, 0.1) is 6.10 Å². The fourth-order valence-electron chi connectivity index (χ4n) is 0.922. The minimum atomic E-state index is -0.359. The Bertz CT molecular complexity index is 324. The van der Waals surface area contributed by atoms with Crippen molar-refractivity contribution in [1.82, 2.24) is 9.78 Å². The third kappa shape index (κ3) is 3.99. The Kier molecular flexibility index (Phi) is 4.11. The van der Waals surface area contributed by atoms with Gasteiger partial charge in [-0.1, -0.05) is 0 Å². The molecule has 15 heavy (non-hydrogen) atoms. The first kappa shape index (κ1) is 11.5. The van der Waals surface area contributed by atoms with Crippen molar-refractivity contribution in [3.05, 3.63) is 12.3 Å². The monoisotopic (exact) mass is 213 g/mol. The van der Waals surface area contributed by atoms with Crippen molar-refractivity contribution in [2.75, 3.05) is 19.5 Å². The topological polar surface area (TPSA) is 79.4 Å². The van der Waals surface area contributed by atoms with Crippen LogP contribution in [0.4, 0.5) is 5.82 Å². The summed E-state index contributed by atoms with van der Waals surface area (Å²) in [6.45, 7) is 2.12. The summed E-state index contributed by atoms with van der Waals surface area (Å²) in [5.74, 6) is 0.0232. The van der Waals surface area contributed by atoms with Crippen molar-refractivity contribution in [3.63, 3.8) is 0 Å². The van der Waals surface area contributed by atoms with Crippen LogP contribution in [-0.2, 0) is 20.8 Å². The number of methoxy groups -OCH3 is 1. The maximum atomic E-state index is 11.3. The van der Waals surface area contributed by atoms with E-state index in [1.165, 1.54) is 4.68 Å². The van der Waals surface area contributed by atoms with Gasteiger partial charge >= 0.3 is 5.97 Å². The van der Waals surface area contributed by atoms with Crippen LogP contribution in [0.1, 0.15) is 6.92 Å². The van der Waals surface area contributed by atoms with E-state index in [2.05, 4.69) is 5.10 Å². The Balaban J connectivity index is 2.30.